The molecule has 2 aromatic rings. The van der Waals surface area contributed by atoms with Gasteiger partial charge in [-0.05, 0) is 42.5 Å². The molecule has 0 radical (unpaired) electrons. The van der Waals surface area contributed by atoms with Gasteiger partial charge >= 0.3 is 0 Å². The fourth-order valence-electron chi connectivity index (χ4n) is 2.49. The Bertz CT molecular complexity index is 932. The highest BCUT2D eigenvalue weighted by Crippen LogP contribution is 2.30. The molecular weight excluding hydrogens is 386 g/mol. The molecule has 9 heteroatoms. The van der Waals surface area contributed by atoms with Gasteiger partial charge in [0.05, 0.1) is 11.4 Å². The molecular formula is C18H21N3O4S2. The number of nitrogens with one attached hydrogen (secondary N) is 2. The van der Waals surface area contributed by atoms with Crippen LogP contribution in [0.1, 0.15) is 0 Å². The largest absolute Gasteiger partial charge is 0.486 e. The molecule has 1 aliphatic rings. The third kappa shape index (κ3) is 4.68. The van der Waals surface area contributed by atoms with Crippen LogP contribution >= 0.6 is 12.2 Å². The van der Waals surface area contributed by atoms with Crippen LogP contribution in [0.25, 0.3) is 0 Å². The lowest BCUT2D eigenvalue weighted by Crippen LogP contribution is -2.42. The van der Waals surface area contributed by atoms with Crippen molar-refractivity contribution < 1.29 is 17.9 Å². The molecule has 0 saturated heterocycles. The number of fused-ring (bicyclic) bond motifs is 1. The molecule has 0 saturated carbocycles. The summed E-state index contributed by atoms with van der Waals surface area (Å²) in [6, 6.07) is 14.0. The van der Waals surface area contributed by atoms with Gasteiger partial charge in [-0.15, -0.1) is 0 Å². The lowest BCUT2D eigenvalue weighted by atomic mass is 10.2. The first kappa shape index (κ1) is 19.4. The van der Waals surface area contributed by atoms with E-state index in [9.17, 15) is 8.42 Å². The molecule has 1 heterocycles. The maximum Gasteiger partial charge on any atom is 0.242 e. The first-order valence-corrected chi connectivity index (χ1v) is 10.2. The molecule has 2 N–H and O–H groups in total. The van der Waals surface area contributed by atoms with E-state index >= 15 is 0 Å². The van der Waals surface area contributed by atoms with Crippen molar-refractivity contribution in [3.05, 3.63) is 48.5 Å². The van der Waals surface area contributed by atoms with E-state index in [2.05, 4.69) is 10.6 Å². The Morgan fingerprint density at radius 1 is 1.19 bits per heavy atom. The van der Waals surface area contributed by atoms with Gasteiger partial charge in [0.25, 0.3) is 0 Å². The lowest BCUT2D eigenvalue weighted by Gasteiger charge is -2.27. The Labute approximate surface area is 164 Å². The predicted molar refractivity (Wildman–Crippen MR) is 108 cm³/mol. The second-order valence-corrected chi connectivity index (χ2v) is 8.71. The number of para-hydroxylation sites is 2. The molecule has 0 bridgehead atoms. The van der Waals surface area contributed by atoms with E-state index in [4.69, 9.17) is 21.7 Å². The normalized spacial score (nSPS) is 16.0. The predicted octanol–water partition coefficient (Wildman–Crippen LogP) is 2.06. The van der Waals surface area contributed by atoms with E-state index in [-0.39, 0.29) is 11.0 Å². The Morgan fingerprint density at radius 3 is 2.67 bits per heavy atom. The fraction of sp³-hybridized carbons (Fsp3) is 0.278. The standard InChI is InChI=1S/C18H21N3O4S2/c1-21(2)27(22,23)15-7-5-6-13(10-15)20-18(26)19-11-14-12-24-16-8-3-4-9-17(16)25-14/h3-10,14H,11-12H2,1-2H3,(H2,19,20,26)/t14-/m1/s1. The van der Waals surface area contributed by atoms with Crippen molar-refractivity contribution in [3.8, 4) is 11.5 Å². The topological polar surface area (TPSA) is 79.9 Å². The summed E-state index contributed by atoms with van der Waals surface area (Å²) in [6.07, 6.45) is -0.180. The van der Waals surface area contributed by atoms with Crippen molar-refractivity contribution in [2.24, 2.45) is 0 Å². The van der Waals surface area contributed by atoms with Crippen LogP contribution in [0.2, 0.25) is 0 Å². The molecule has 1 aliphatic heterocycles. The third-order valence-corrected chi connectivity index (χ3v) is 5.99. The summed E-state index contributed by atoms with van der Waals surface area (Å²) in [5.41, 5.74) is 0.585. The Hall–Kier alpha value is -2.36. The van der Waals surface area contributed by atoms with E-state index in [1.807, 2.05) is 24.3 Å². The highest BCUT2D eigenvalue weighted by Gasteiger charge is 2.21. The molecule has 0 aliphatic carbocycles. The number of benzene rings is 2. The molecule has 2 aromatic carbocycles. The molecule has 0 aromatic heterocycles. The third-order valence-electron chi connectivity index (χ3n) is 3.93. The molecule has 0 spiro atoms. The molecule has 3 rings (SSSR count). The molecule has 0 unspecified atom stereocenters. The maximum absolute atomic E-state index is 12.2. The highest BCUT2D eigenvalue weighted by molar-refractivity contribution is 7.89. The van der Waals surface area contributed by atoms with Crippen LogP contribution < -0.4 is 20.1 Å². The van der Waals surface area contributed by atoms with Crippen LogP contribution in [0.3, 0.4) is 0 Å². The quantitative estimate of drug-likeness (QED) is 0.735. The Morgan fingerprint density at radius 2 is 1.93 bits per heavy atom. The number of nitrogens with zero attached hydrogens (tertiary/aromatic N) is 1. The summed E-state index contributed by atoms with van der Waals surface area (Å²) in [6.45, 7) is 0.874. The number of sulfonamides is 1. The number of anilines is 1. The van der Waals surface area contributed by atoms with Crippen LogP contribution in [0.4, 0.5) is 5.69 Å². The summed E-state index contributed by atoms with van der Waals surface area (Å²) in [5.74, 6) is 1.43. The molecule has 144 valence electrons. The Kier molecular flexibility index (Phi) is 5.83. The van der Waals surface area contributed by atoms with Crippen LogP contribution in [-0.4, -0.2) is 51.2 Å². The van der Waals surface area contributed by atoms with Gasteiger partial charge in [0.15, 0.2) is 16.6 Å². The number of hydrogen-bond donors (Lipinski definition) is 2. The zero-order valence-corrected chi connectivity index (χ0v) is 16.6. The van der Waals surface area contributed by atoms with Crippen molar-refractivity contribution in [1.82, 2.24) is 9.62 Å². The van der Waals surface area contributed by atoms with Crippen molar-refractivity contribution in [2.75, 3.05) is 32.6 Å². The van der Waals surface area contributed by atoms with Crippen LogP contribution in [0.5, 0.6) is 11.5 Å². The van der Waals surface area contributed by atoms with Gasteiger partial charge in [-0.25, -0.2) is 12.7 Å². The average Bonchev–Trinajstić information content (AvgIpc) is 2.66. The summed E-state index contributed by atoms with van der Waals surface area (Å²) < 4.78 is 37.1. The number of rotatable bonds is 5. The van der Waals surface area contributed by atoms with Crippen LogP contribution in [-0.2, 0) is 10.0 Å². The van der Waals surface area contributed by atoms with E-state index in [1.165, 1.54) is 18.4 Å². The summed E-state index contributed by atoms with van der Waals surface area (Å²) in [5, 5.41) is 6.43. The van der Waals surface area contributed by atoms with E-state index in [0.29, 0.717) is 29.7 Å². The molecule has 0 fully saturated rings. The smallest absolute Gasteiger partial charge is 0.242 e. The minimum Gasteiger partial charge on any atom is -0.486 e. The van der Waals surface area contributed by atoms with E-state index in [0.717, 1.165) is 5.75 Å². The first-order valence-electron chi connectivity index (χ1n) is 8.32. The SMILES string of the molecule is CN(C)S(=O)(=O)c1cccc(NC(=S)NC[C@@H]2COc3ccccc3O2)c1. The van der Waals surface area contributed by atoms with Gasteiger partial charge in [-0.1, -0.05) is 18.2 Å². The second-order valence-electron chi connectivity index (χ2n) is 6.15. The minimum atomic E-state index is -3.50. The summed E-state index contributed by atoms with van der Waals surface area (Å²) >= 11 is 5.29. The average molecular weight is 408 g/mol. The zero-order chi connectivity index (χ0) is 19.4. The van der Waals surface area contributed by atoms with Crippen LogP contribution in [0, 0.1) is 0 Å². The van der Waals surface area contributed by atoms with Crippen molar-refractivity contribution in [2.45, 2.75) is 11.0 Å². The minimum absolute atomic E-state index is 0.180. The number of thiocarbonyl (C=S) groups is 1. The van der Waals surface area contributed by atoms with Gasteiger partial charge in [-0.3, -0.25) is 0 Å². The van der Waals surface area contributed by atoms with Crippen LogP contribution in [0.15, 0.2) is 53.4 Å². The summed E-state index contributed by atoms with van der Waals surface area (Å²) in [7, 11) is -0.516. The van der Waals surface area contributed by atoms with E-state index in [1.54, 1.807) is 24.3 Å². The van der Waals surface area contributed by atoms with Gasteiger partial charge in [0.1, 0.15) is 12.7 Å². The van der Waals surface area contributed by atoms with Crippen molar-refractivity contribution in [1.29, 1.82) is 0 Å². The highest BCUT2D eigenvalue weighted by atomic mass is 32.2. The molecule has 27 heavy (non-hydrogen) atoms. The maximum atomic E-state index is 12.2. The summed E-state index contributed by atoms with van der Waals surface area (Å²) in [4.78, 5) is 0.195. The van der Waals surface area contributed by atoms with Gasteiger partial charge < -0.3 is 20.1 Å². The van der Waals surface area contributed by atoms with Crippen molar-refractivity contribution in [3.63, 3.8) is 0 Å². The zero-order valence-electron chi connectivity index (χ0n) is 15.0. The number of hydrogen-bond acceptors (Lipinski definition) is 5. The number of ether oxygens (including phenoxy) is 2. The molecule has 0 amide bonds. The van der Waals surface area contributed by atoms with Gasteiger partial charge in [0.2, 0.25) is 10.0 Å². The lowest BCUT2D eigenvalue weighted by molar-refractivity contribution is 0.0939. The second kappa shape index (κ2) is 8.12. The van der Waals surface area contributed by atoms with E-state index < -0.39 is 10.0 Å². The van der Waals surface area contributed by atoms with Gasteiger partial charge in [-0.2, -0.15) is 0 Å². The van der Waals surface area contributed by atoms with Gasteiger partial charge in [0, 0.05) is 19.8 Å². The molecule has 7 nitrogen and oxygen atoms in total. The molecule has 1 atom stereocenters. The fourth-order valence-corrected chi connectivity index (χ4v) is 3.64. The monoisotopic (exact) mass is 407 g/mol. The van der Waals surface area contributed by atoms with Crippen molar-refractivity contribution >= 4 is 33.0 Å². The Balaban J connectivity index is 1.56. The first-order chi connectivity index (χ1) is 12.9.